The highest BCUT2D eigenvalue weighted by molar-refractivity contribution is 8.16. The van der Waals surface area contributed by atoms with Gasteiger partial charge in [0.15, 0.2) is 5.37 Å². The number of rotatable bonds is 3. The Morgan fingerprint density at radius 1 is 1.09 bits per heavy atom. The molecule has 1 heterocycles. The van der Waals surface area contributed by atoms with E-state index in [-0.39, 0.29) is 17.0 Å². The Kier molecular flexibility index (Phi) is 3.85. The number of thioether (sulfide) groups is 1. The van der Waals surface area contributed by atoms with E-state index in [9.17, 15) is 14.0 Å². The van der Waals surface area contributed by atoms with Crippen LogP contribution < -0.4 is 10.2 Å². The predicted octanol–water partition coefficient (Wildman–Crippen LogP) is 3.77. The smallest absolute Gasteiger partial charge is 0.295 e. The first kappa shape index (κ1) is 14.6. The third-order valence-corrected chi connectivity index (χ3v) is 4.28. The fraction of sp³-hybridized carbons (Fsp3) is 0.125. The van der Waals surface area contributed by atoms with Gasteiger partial charge < -0.3 is 5.32 Å². The number of imide groups is 1. The zero-order chi connectivity index (χ0) is 15.7. The summed E-state index contributed by atoms with van der Waals surface area (Å²) in [6.45, 7) is 1.85. The number of nitrogens with one attached hydrogen (secondary N) is 1. The number of carbonyl (C=O) groups is 2. The number of carbonyl (C=O) groups excluding carboxylic acids is 2. The summed E-state index contributed by atoms with van der Waals surface area (Å²) in [5.41, 5.74) is 2.03. The van der Waals surface area contributed by atoms with Gasteiger partial charge in [0.2, 0.25) is 0 Å². The van der Waals surface area contributed by atoms with E-state index in [1.807, 2.05) is 19.1 Å². The van der Waals surface area contributed by atoms with Crippen molar-refractivity contribution in [1.29, 1.82) is 0 Å². The van der Waals surface area contributed by atoms with Crippen molar-refractivity contribution in [2.24, 2.45) is 0 Å². The highest BCUT2D eigenvalue weighted by Crippen LogP contribution is 2.33. The van der Waals surface area contributed by atoms with Gasteiger partial charge in [-0.1, -0.05) is 18.2 Å². The normalized spacial score (nSPS) is 17.9. The number of anilines is 2. The molecule has 0 spiro atoms. The van der Waals surface area contributed by atoms with Gasteiger partial charge in [-0.15, -0.1) is 0 Å². The van der Waals surface area contributed by atoms with E-state index in [0.29, 0.717) is 11.4 Å². The molecule has 1 N–H and O–H groups in total. The van der Waals surface area contributed by atoms with Crippen LogP contribution in [0.1, 0.15) is 5.56 Å². The van der Waals surface area contributed by atoms with Crippen molar-refractivity contribution in [3.63, 3.8) is 0 Å². The third kappa shape index (κ3) is 2.69. The maximum atomic E-state index is 12.9. The minimum atomic E-state index is -0.711. The van der Waals surface area contributed by atoms with Gasteiger partial charge in [0, 0.05) is 5.69 Å². The molecule has 0 unspecified atom stereocenters. The molecule has 22 heavy (non-hydrogen) atoms. The topological polar surface area (TPSA) is 49.4 Å². The maximum absolute atomic E-state index is 12.9. The molecule has 2 aromatic carbocycles. The van der Waals surface area contributed by atoms with Crippen LogP contribution in [0.5, 0.6) is 0 Å². The van der Waals surface area contributed by atoms with Crippen molar-refractivity contribution < 1.29 is 14.0 Å². The van der Waals surface area contributed by atoms with Crippen LogP contribution in [-0.4, -0.2) is 16.5 Å². The molecule has 6 heteroatoms. The summed E-state index contributed by atoms with van der Waals surface area (Å²) >= 11 is 0.917. The zero-order valence-corrected chi connectivity index (χ0v) is 12.6. The Morgan fingerprint density at radius 3 is 2.45 bits per heavy atom. The second kappa shape index (κ2) is 5.81. The monoisotopic (exact) mass is 316 g/mol. The van der Waals surface area contributed by atoms with Crippen LogP contribution in [0.2, 0.25) is 0 Å². The number of para-hydroxylation sites is 1. The molecule has 1 aliphatic rings. The molecule has 3 rings (SSSR count). The largest absolute Gasteiger partial charge is 0.365 e. The molecule has 2 amide bonds. The van der Waals surface area contributed by atoms with Crippen LogP contribution in [0.3, 0.4) is 0 Å². The third-order valence-electron chi connectivity index (χ3n) is 3.34. The zero-order valence-electron chi connectivity index (χ0n) is 11.7. The quantitative estimate of drug-likeness (QED) is 0.936. The lowest BCUT2D eigenvalue weighted by Gasteiger charge is -2.16. The molecule has 1 saturated heterocycles. The van der Waals surface area contributed by atoms with Crippen molar-refractivity contribution in [2.75, 3.05) is 10.2 Å². The highest BCUT2D eigenvalue weighted by atomic mass is 32.2. The number of amides is 2. The molecular weight excluding hydrogens is 303 g/mol. The molecule has 0 aromatic heterocycles. The first-order chi connectivity index (χ1) is 10.6. The van der Waals surface area contributed by atoms with E-state index in [1.54, 1.807) is 12.1 Å². The lowest BCUT2D eigenvalue weighted by Crippen LogP contribution is -2.34. The molecule has 4 nitrogen and oxygen atoms in total. The first-order valence-corrected chi connectivity index (χ1v) is 7.56. The number of hydrogen-bond acceptors (Lipinski definition) is 4. The Hall–Kier alpha value is -2.34. The SMILES string of the molecule is Cc1ccccc1N1C(=O)S[C@@H](Nc2ccc(F)cc2)C1=O. The second-order valence-electron chi connectivity index (χ2n) is 4.88. The van der Waals surface area contributed by atoms with Crippen molar-refractivity contribution >= 4 is 34.3 Å². The van der Waals surface area contributed by atoms with Crippen LogP contribution in [0.25, 0.3) is 0 Å². The Bertz CT molecular complexity index is 733. The molecule has 0 aliphatic carbocycles. The molecular formula is C16H13FN2O2S. The van der Waals surface area contributed by atoms with Crippen molar-refractivity contribution in [3.8, 4) is 0 Å². The summed E-state index contributed by atoms with van der Waals surface area (Å²) in [5.74, 6) is -0.679. The Morgan fingerprint density at radius 2 is 1.77 bits per heavy atom. The minimum absolute atomic E-state index is 0.320. The summed E-state index contributed by atoms with van der Waals surface area (Å²) < 4.78 is 12.9. The van der Waals surface area contributed by atoms with Gasteiger partial charge in [0.1, 0.15) is 5.82 Å². The summed E-state index contributed by atoms with van der Waals surface area (Å²) in [5, 5.41) is 1.92. The first-order valence-electron chi connectivity index (χ1n) is 6.68. The van der Waals surface area contributed by atoms with Crippen LogP contribution in [0.4, 0.5) is 20.6 Å². The Balaban J connectivity index is 1.82. The lowest BCUT2D eigenvalue weighted by atomic mass is 10.2. The van der Waals surface area contributed by atoms with Crippen molar-refractivity contribution in [1.82, 2.24) is 0 Å². The molecule has 0 bridgehead atoms. The van der Waals surface area contributed by atoms with Crippen LogP contribution >= 0.6 is 11.8 Å². The number of aryl methyl sites for hydroxylation is 1. The van der Waals surface area contributed by atoms with Crippen LogP contribution in [-0.2, 0) is 4.79 Å². The minimum Gasteiger partial charge on any atom is -0.365 e. The lowest BCUT2D eigenvalue weighted by molar-refractivity contribution is -0.116. The number of nitrogens with zero attached hydrogens (tertiary/aromatic N) is 1. The summed E-state index contributed by atoms with van der Waals surface area (Å²) in [4.78, 5) is 25.8. The van der Waals surface area contributed by atoms with E-state index in [1.165, 1.54) is 29.2 Å². The fourth-order valence-electron chi connectivity index (χ4n) is 2.23. The molecule has 1 fully saturated rings. The van der Waals surface area contributed by atoms with Gasteiger partial charge in [0.05, 0.1) is 5.69 Å². The van der Waals surface area contributed by atoms with Gasteiger partial charge in [-0.3, -0.25) is 9.59 Å². The van der Waals surface area contributed by atoms with E-state index >= 15 is 0 Å². The second-order valence-corrected chi connectivity index (χ2v) is 5.93. The Labute approximate surface area is 131 Å². The van der Waals surface area contributed by atoms with Gasteiger partial charge in [0.25, 0.3) is 11.1 Å². The van der Waals surface area contributed by atoms with Gasteiger partial charge in [-0.05, 0) is 54.6 Å². The van der Waals surface area contributed by atoms with Gasteiger partial charge in [-0.2, -0.15) is 0 Å². The molecule has 1 atom stereocenters. The molecule has 1 aliphatic heterocycles. The van der Waals surface area contributed by atoms with Crippen LogP contribution in [0, 0.1) is 12.7 Å². The molecule has 0 saturated carbocycles. The predicted molar refractivity (Wildman–Crippen MR) is 85.5 cm³/mol. The summed E-state index contributed by atoms with van der Waals surface area (Å²) in [6.07, 6.45) is 0. The molecule has 112 valence electrons. The van der Waals surface area contributed by atoms with Crippen molar-refractivity contribution in [2.45, 2.75) is 12.3 Å². The summed E-state index contributed by atoms with van der Waals surface area (Å²) in [7, 11) is 0. The van der Waals surface area contributed by atoms with E-state index in [4.69, 9.17) is 0 Å². The molecule has 0 radical (unpaired) electrons. The van der Waals surface area contributed by atoms with Crippen LogP contribution in [0.15, 0.2) is 48.5 Å². The number of halogens is 1. The average Bonchev–Trinajstić information content (AvgIpc) is 2.77. The van der Waals surface area contributed by atoms with E-state index in [0.717, 1.165) is 17.3 Å². The average molecular weight is 316 g/mol. The summed E-state index contributed by atoms with van der Waals surface area (Å²) in [6, 6.07) is 12.9. The number of benzene rings is 2. The van der Waals surface area contributed by atoms with E-state index < -0.39 is 5.37 Å². The fourth-order valence-corrected chi connectivity index (χ4v) is 3.13. The van der Waals surface area contributed by atoms with Crippen molar-refractivity contribution in [3.05, 3.63) is 59.9 Å². The maximum Gasteiger partial charge on any atom is 0.295 e. The molecule has 2 aromatic rings. The highest BCUT2D eigenvalue weighted by Gasteiger charge is 2.41. The van der Waals surface area contributed by atoms with E-state index in [2.05, 4.69) is 5.32 Å². The van der Waals surface area contributed by atoms with Gasteiger partial charge >= 0.3 is 0 Å². The number of hydrogen-bond donors (Lipinski definition) is 1. The standard InChI is InChI=1S/C16H13FN2O2S/c1-10-4-2-3-5-13(10)19-15(20)14(22-16(19)21)18-12-8-6-11(17)7-9-12/h2-9,14,18H,1H3/t14-/m1/s1. The van der Waals surface area contributed by atoms with Gasteiger partial charge in [-0.25, -0.2) is 9.29 Å².